The fraction of sp³-hybridized carbons (Fsp3) is 0.182. The summed E-state index contributed by atoms with van der Waals surface area (Å²) in [5.41, 5.74) is 2.92. The molecule has 0 radical (unpaired) electrons. The zero-order chi connectivity index (χ0) is 19.9. The number of benzene rings is 3. The molecule has 0 aromatic heterocycles. The van der Waals surface area contributed by atoms with Crippen molar-refractivity contribution in [2.45, 2.75) is 19.7 Å². The van der Waals surface area contributed by atoms with E-state index in [9.17, 15) is 0 Å². The lowest BCUT2D eigenvalue weighted by atomic mass is 10.1. The Balaban J connectivity index is 0.00000300. The first-order valence-corrected chi connectivity index (χ1v) is 9.88. The van der Waals surface area contributed by atoms with Crippen LogP contribution in [0.1, 0.15) is 16.7 Å². The van der Waals surface area contributed by atoms with Crippen molar-refractivity contribution in [1.29, 1.82) is 0 Å². The van der Waals surface area contributed by atoms with Crippen LogP contribution in [-0.4, -0.2) is 7.11 Å². The van der Waals surface area contributed by atoms with E-state index in [1.807, 2.05) is 48.5 Å². The third kappa shape index (κ3) is 6.70. The van der Waals surface area contributed by atoms with Crippen molar-refractivity contribution >= 4 is 47.2 Å². The van der Waals surface area contributed by atoms with E-state index in [4.69, 9.17) is 44.3 Å². The van der Waals surface area contributed by atoms with E-state index < -0.39 is 0 Å². The molecular formula is C22H21Cl4NO2. The zero-order valence-electron chi connectivity index (χ0n) is 15.8. The molecule has 3 nitrogen and oxygen atoms in total. The van der Waals surface area contributed by atoms with Gasteiger partial charge >= 0.3 is 0 Å². The Morgan fingerprint density at radius 1 is 0.759 bits per heavy atom. The summed E-state index contributed by atoms with van der Waals surface area (Å²) < 4.78 is 11.4. The Kier molecular flexibility index (Phi) is 9.41. The third-order valence-corrected chi connectivity index (χ3v) is 5.07. The van der Waals surface area contributed by atoms with E-state index in [2.05, 4.69) is 5.32 Å². The average molecular weight is 473 g/mol. The van der Waals surface area contributed by atoms with Gasteiger partial charge in [-0.3, -0.25) is 0 Å². The maximum atomic E-state index is 6.23. The predicted octanol–water partition coefficient (Wildman–Crippen LogP) is 6.95. The first-order valence-electron chi connectivity index (χ1n) is 8.74. The van der Waals surface area contributed by atoms with Gasteiger partial charge in [0, 0.05) is 44.8 Å². The monoisotopic (exact) mass is 471 g/mol. The molecule has 154 valence electrons. The van der Waals surface area contributed by atoms with Gasteiger partial charge in [-0.2, -0.15) is 0 Å². The highest BCUT2D eigenvalue weighted by Crippen LogP contribution is 2.27. The molecule has 0 aliphatic carbocycles. The van der Waals surface area contributed by atoms with Crippen LogP contribution in [0.5, 0.6) is 11.5 Å². The third-order valence-electron chi connectivity index (χ3n) is 4.24. The van der Waals surface area contributed by atoms with Gasteiger partial charge in [0.1, 0.15) is 18.1 Å². The van der Waals surface area contributed by atoms with E-state index in [0.29, 0.717) is 34.8 Å². The molecule has 0 aliphatic heterocycles. The van der Waals surface area contributed by atoms with Crippen LogP contribution in [0.3, 0.4) is 0 Å². The number of methoxy groups -OCH3 is 1. The molecule has 0 bridgehead atoms. The molecule has 3 aromatic carbocycles. The smallest absolute Gasteiger partial charge is 0.124 e. The zero-order valence-corrected chi connectivity index (χ0v) is 18.8. The van der Waals surface area contributed by atoms with Gasteiger partial charge in [0.05, 0.1) is 7.11 Å². The van der Waals surface area contributed by atoms with Gasteiger partial charge in [-0.15, -0.1) is 12.4 Å². The number of rotatable bonds is 8. The summed E-state index contributed by atoms with van der Waals surface area (Å²) in [4.78, 5) is 0. The van der Waals surface area contributed by atoms with Crippen molar-refractivity contribution in [3.63, 3.8) is 0 Å². The quantitative estimate of drug-likeness (QED) is 0.384. The van der Waals surface area contributed by atoms with Gasteiger partial charge < -0.3 is 14.8 Å². The Morgan fingerprint density at radius 3 is 2.21 bits per heavy atom. The second kappa shape index (κ2) is 11.5. The summed E-state index contributed by atoms with van der Waals surface area (Å²) in [6.07, 6.45) is 0. The first-order chi connectivity index (χ1) is 13.6. The molecule has 0 atom stereocenters. The number of halogens is 4. The fourth-order valence-corrected chi connectivity index (χ4v) is 3.46. The molecule has 0 saturated carbocycles. The maximum absolute atomic E-state index is 6.23. The minimum Gasteiger partial charge on any atom is -0.496 e. The molecule has 1 N–H and O–H groups in total. The molecule has 0 amide bonds. The lowest BCUT2D eigenvalue weighted by Gasteiger charge is -2.14. The van der Waals surface area contributed by atoms with E-state index in [-0.39, 0.29) is 12.4 Å². The van der Waals surface area contributed by atoms with Crippen LogP contribution >= 0.6 is 47.2 Å². The van der Waals surface area contributed by atoms with Crippen LogP contribution in [0.15, 0.2) is 60.7 Å². The topological polar surface area (TPSA) is 30.5 Å². The molecule has 0 saturated heterocycles. The standard InChI is InChI=1S/C22H20Cl3NO2.ClH/c1-27-21-5-3-2-4-15(21)12-26-13-17-10-18(23)8-9-22(17)28-14-16-6-7-19(24)11-20(16)25;/h2-11,26H,12-14H2,1H3;1H. The molecule has 0 heterocycles. The second-order valence-electron chi connectivity index (χ2n) is 6.19. The SMILES string of the molecule is COc1ccccc1CNCc1cc(Cl)ccc1OCc1ccc(Cl)cc1Cl.Cl. The molecule has 3 rings (SSSR count). The summed E-state index contributed by atoms with van der Waals surface area (Å²) in [7, 11) is 1.67. The Bertz CT molecular complexity index is 950. The molecule has 0 unspecified atom stereocenters. The van der Waals surface area contributed by atoms with Crippen molar-refractivity contribution in [3.05, 3.63) is 92.4 Å². The van der Waals surface area contributed by atoms with Crippen molar-refractivity contribution in [2.75, 3.05) is 7.11 Å². The summed E-state index contributed by atoms with van der Waals surface area (Å²) in [6.45, 7) is 1.61. The number of ether oxygens (including phenoxy) is 2. The van der Waals surface area contributed by atoms with Crippen molar-refractivity contribution < 1.29 is 9.47 Å². The Morgan fingerprint density at radius 2 is 1.45 bits per heavy atom. The van der Waals surface area contributed by atoms with Crippen molar-refractivity contribution in [2.24, 2.45) is 0 Å². The minimum absolute atomic E-state index is 0. The van der Waals surface area contributed by atoms with Gasteiger partial charge in [0.15, 0.2) is 0 Å². The number of hydrogen-bond acceptors (Lipinski definition) is 3. The average Bonchev–Trinajstić information content (AvgIpc) is 2.69. The molecule has 0 aliphatic rings. The van der Waals surface area contributed by atoms with Crippen LogP contribution in [0.4, 0.5) is 0 Å². The minimum atomic E-state index is 0. The highest BCUT2D eigenvalue weighted by atomic mass is 35.5. The normalized spacial score (nSPS) is 10.3. The van der Waals surface area contributed by atoms with E-state index in [0.717, 1.165) is 28.2 Å². The van der Waals surface area contributed by atoms with Gasteiger partial charge in [-0.1, -0.05) is 59.1 Å². The first kappa shape index (κ1) is 23.7. The van der Waals surface area contributed by atoms with Crippen molar-refractivity contribution in [3.8, 4) is 11.5 Å². The van der Waals surface area contributed by atoms with Crippen molar-refractivity contribution in [1.82, 2.24) is 5.32 Å². The van der Waals surface area contributed by atoms with E-state index >= 15 is 0 Å². The lowest BCUT2D eigenvalue weighted by molar-refractivity contribution is 0.302. The van der Waals surface area contributed by atoms with Crippen LogP contribution in [0.25, 0.3) is 0 Å². The van der Waals surface area contributed by atoms with Crippen LogP contribution < -0.4 is 14.8 Å². The largest absolute Gasteiger partial charge is 0.496 e. The van der Waals surface area contributed by atoms with Gasteiger partial charge in [-0.05, 0) is 36.4 Å². The van der Waals surface area contributed by atoms with E-state index in [1.54, 1.807) is 19.2 Å². The summed E-state index contributed by atoms with van der Waals surface area (Å²) in [5.74, 6) is 1.61. The number of hydrogen-bond donors (Lipinski definition) is 1. The second-order valence-corrected chi connectivity index (χ2v) is 7.47. The van der Waals surface area contributed by atoms with Crippen LogP contribution in [-0.2, 0) is 19.7 Å². The molecule has 3 aromatic rings. The van der Waals surface area contributed by atoms with Crippen LogP contribution in [0.2, 0.25) is 15.1 Å². The highest BCUT2D eigenvalue weighted by Gasteiger charge is 2.08. The summed E-state index contributed by atoms with van der Waals surface area (Å²) in [6, 6.07) is 18.9. The molecular weight excluding hydrogens is 452 g/mol. The van der Waals surface area contributed by atoms with Crippen LogP contribution in [0, 0.1) is 0 Å². The highest BCUT2D eigenvalue weighted by molar-refractivity contribution is 6.35. The number of para-hydroxylation sites is 1. The Labute approximate surface area is 192 Å². The van der Waals surface area contributed by atoms with Gasteiger partial charge in [0.2, 0.25) is 0 Å². The lowest BCUT2D eigenvalue weighted by Crippen LogP contribution is -2.14. The Hall–Kier alpha value is -1.62. The van der Waals surface area contributed by atoms with E-state index in [1.165, 1.54) is 0 Å². The predicted molar refractivity (Wildman–Crippen MR) is 123 cm³/mol. The fourth-order valence-electron chi connectivity index (χ4n) is 2.80. The summed E-state index contributed by atoms with van der Waals surface area (Å²) >= 11 is 18.4. The van der Waals surface area contributed by atoms with Gasteiger partial charge in [-0.25, -0.2) is 0 Å². The summed E-state index contributed by atoms with van der Waals surface area (Å²) in [5, 5.41) is 5.25. The van der Waals surface area contributed by atoms with Gasteiger partial charge in [0.25, 0.3) is 0 Å². The molecule has 0 fully saturated rings. The molecule has 0 spiro atoms. The number of nitrogens with one attached hydrogen (secondary N) is 1. The molecule has 29 heavy (non-hydrogen) atoms. The maximum Gasteiger partial charge on any atom is 0.124 e. The molecule has 7 heteroatoms.